The van der Waals surface area contributed by atoms with Crippen molar-refractivity contribution in [1.29, 1.82) is 0 Å². The van der Waals surface area contributed by atoms with Crippen molar-refractivity contribution in [3.63, 3.8) is 0 Å². The second kappa shape index (κ2) is 7.74. The first-order valence-corrected chi connectivity index (χ1v) is 11.5. The Morgan fingerprint density at radius 2 is 2.07 bits per heavy atom. The van der Waals surface area contributed by atoms with Crippen molar-refractivity contribution in [2.45, 2.75) is 23.2 Å². The number of halogens is 3. The van der Waals surface area contributed by atoms with Crippen LogP contribution in [0.3, 0.4) is 0 Å². The zero-order chi connectivity index (χ0) is 19.9. The number of hydrogen-bond donors (Lipinski definition) is 0. The van der Waals surface area contributed by atoms with Gasteiger partial charge in [0.2, 0.25) is 0 Å². The normalized spacial score (nSPS) is 17.1. The lowest BCUT2D eigenvalue weighted by atomic mass is 10.1. The predicted octanol–water partition coefficient (Wildman–Crippen LogP) is 5.12. The summed E-state index contributed by atoms with van der Waals surface area (Å²) >= 11 is 1.99. The molecule has 150 valence electrons. The number of alkyl halides is 3. The van der Waals surface area contributed by atoms with Crippen molar-refractivity contribution >= 4 is 43.7 Å². The zero-order valence-electron chi connectivity index (χ0n) is 14.8. The predicted molar refractivity (Wildman–Crippen MR) is 105 cm³/mol. The lowest BCUT2D eigenvalue weighted by Crippen LogP contribution is -2.08. The number of aromatic nitrogens is 1. The van der Waals surface area contributed by atoms with Crippen molar-refractivity contribution in [1.82, 2.24) is 4.98 Å². The second-order valence-corrected chi connectivity index (χ2v) is 10.1. The molecule has 0 spiro atoms. The van der Waals surface area contributed by atoms with E-state index in [1.807, 2.05) is 0 Å². The Bertz CT molecular complexity index is 1040. The first-order chi connectivity index (χ1) is 13.4. The molecule has 0 saturated carbocycles. The number of hydrogen-bond acceptors (Lipinski definition) is 6. The Morgan fingerprint density at radius 1 is 1.25 bits per heavy atom. The van der Waals surface area contributed by atoms with Crippen LogP contribution >= 0.6 is 22.7 Å². The molecule has 0 saturated heterocycles. The molecule has 0 aromatic carbocycles. The number of ether oxygens (including phenoxy) is 2. The molecule has 1 atom stereocenters. The highest BCUT2D eigenvalue weighted by Crippen LogP contribution is 2.44. The van der Waals surface area contributed by atoms with Crippen LogP contribution in [0.5, 0.6) is 5.75 Å². The molecule has 0 amide bonds. The monoisotopic (exact) mass is 447 g/mol. The van der Waals surface area contributed by atoms with Crippen LogP contribution in [0.2, 0.25) is 0 Å². The fraction of sp³-hybridized carbons (Fsp3) is 0.389. The Hall–Kier alpha value is -1.49. The maximum absolute atomic E-state index is 13.0. The molecule has 0 radical (unpaired) electrons. The van der Waals surface area contributed by atoms with Gasteiger partial charge in [0.1, 0.15) is 22.1 Å². The van der Waals surface area contributed by atoms with E-state index < -0.39 is 21.9 Å². The number of fused-ring (bicyclic) bond motifs is 3. The summed E-state index contributed by atoms with van der Waals surface area (Å²) in [6.45, 7) is 0.690. The highest BCUT2D eigenvalue weighted by Gasteiger charge is 2.33. The van der Waals surface area contributed by atoms with Crippen molar-refractivity contribution in [2.75, 3.05) is 26.1 Å². The second-order valence-electron chi connectivity index (χ2n) is 6.21. The van der Waals surface area contributed by atoms with E-state index >= 15 is 0 Å². The van der Waals surface area contributed by atoms with Gasteiger partial charge in [-0.2, -0.15) is 13.2 Å². The Balaban J connectivity index is 1.84. The van der Waals surface area contributed by atoms with Crippen molar-refractivity contribution in [3.05, 3.63) is 28.6 Å². The van der Waals surface area contributed by atoms with E-state index in [0.29, 0.717) is 51.5 Å². The van der Waals surface area contributed by atoms with E-state index in [-0.39, 0.29) is 0 Å². The Kier molecular flexibility index (Phi) is 5.47. The summed E-state index contributed by atoms with van der Waals surface area (Å²) in [5.41, 5.74) is 1.41. The molecule has 4 rings (SSSR count). The summed E-state index contributed by atoms with van der Waals surface area (Å²) in [4.78, 5) is 4.98. The van der Waals surface area contributed by atoms with Crippen molar-refractivity contribution < 1.29 is 26.9 Å². The number of thiophene rings is 2. The first kappa shape index (κ1) is 19.8. The molecule has 0 fully saturated rings. The first-order valence-electron chi connectivity index (χ1n) is 8.52. The summed E-state index contributed by atoms with van der Waals surface area (Å²) in [5, 5.41) is 0.820. The number of nitrogens with zero attached hydrogens (tertiary/aromatic N) is 1. The lowest BCUT2D eigenvalue weighted by molar-refractivity contribution is -0.134. The number of rotatable bonds is 5. The third-order valence-corrected chi connectivity index (χ3v) is 8.53. The van der Waals surface area contributed by atoms with Crippen LogP contribution in [-0.2, 0) is 28.1 Å². The van der Waals surface area contributed by atoms with E-state index in [1.54, 1.807) is 13.2 Å². The van der Waals surface area contributed by atoms with Crippen LogP contribution in [0.25, 0.3) is 20.8 Å². The largest absolute Gasteiger partial charge is 0.490 e. The summed E-state index contributed by atoms with van der Waals surface area (Å²) in [5.74, 6) is 1.17. The quantitative estimate of drug-likeness (QED) is 0.509. The van der Waals surface area contributed by atoms with Gasteiger partial charge in [-0.05, 0) is 30.5 Å². The SMILES string of the molecule is COCCOc1cc(-c2ccc(C(F)(F)F)s2)nc2sc3c(c12)CCCS3=O. The standard InChI is InChI=1S/C18H16F3NO3S3/c1-24-6-7-25-12-9-11(13-4-5-14(26-13)18(19,20)21)22-16-15(12)10-3-2-8-28(23)17(10)27-16/h4-5,9H,2-3,6-8H2,1H3. The van der Waals surface area contributed by atoms with Crippen LogP contribution in [-0.4, -0.2) is 35.3 Å². The van der Waals surface area contributed by atoms with E-state index in [2.05, 4.69) is 4.98 Å². The van der Waals surface area contributed by atoms with Crippen LogP contribution in [0, 0.1) is 0 Å². The van der Waals surface area contributed by atoms with Gasteiger partial charge in [-0.3, -0.25) is 4.21 Å². The van der Waals surface area contributed by atoms with E-state index in [9.17, 15) is 17.4 Å². The number of methoxy groups -OCH3 is 1. The number of aryl methyl sites for hydroxylation is 1. The van der Waals surface area contributed by atoms with E-state index in [1.165, 1.54) is 17.4 Å². The molecule has 4 nitrogen and oxygen atoms in total. The maximum atomic E-state index is 13.0. The molecule has 1 unspecified atom stereocenters. The molecule has 1 aliphatic rings. The van der Waals surface area contributed by atoms with Gasteiger partial charge < -0.3 is 9.47 Å². The summed E-state index contributed by atoms with van der Waals surface area (Å²) in [7, 11) is 0.496. The molecule has 1 aliphatic heterocycles. The number of pyridine rings is 1. The minimum absolute atomic E-state index is 0.307. The topological polar surface area (TPSA) is 48.4 Å². The van der Waals surface area contributed by atoms with Crippen molar-refractivity contribution in [3.8, 4) is 16.3 Å². The van der Waals surface area contributed by atoms with Crippen LogP contribution < -0.4 is 4.74 Å². The highest BCUT2D eigenvalue weighted by atomic mass is 32.2. The molecule has 0 bridgehead atoms. The Labute approximate surface area is 169 Å². The molecule has 0 aliphatic carbocycles. The third-order valence-electron chi connectivity index (χ3n) is 4.33. The molecular formula is C18H16F3NO3S3. The zero-order valence-corrected chi connectivity index (χ0v) is 17.2. The van der Waals surface area contributed by atoms with Gasteiger partial charge in [0.05, 0.1) is 37.6 Å². The Morgan fingerprint density at radius 3 is 2.79 bits per heavy atom. The molecule has 3 aromatic rings. The van der Waals surface area contributed by atoms with Crippen LogP contribution in [0.15, 0.2) is 22.4 Å². The van der Waals surface area contributed by atoms with Crippen molar-refractivity contribution in [2.24, 2.45) is 0 Å². The molecule has 4 heterocycles. The van der Waals surface area contributed by atoms with Gasteiger partial charge in [-0.1, -0.05) is 0 Å². The molecule has 0 N–H and O–H groups in total. The average molecular weight is 448 g/mol. The highest BCUT2D eigenvalue weighted by molar-refractivity contribution is 7.87. The van der Waals surface area contributed by atoms with Gasteiger partial charge in [0.15, 0.2) is 0 Å². The van der Waals surface area contributed by atoms with Gasteiger partial charge in [-0.25, -0.2) is 4.98 Å². The molecule has 28 heavy (non-hydrogen) atoms. The minimum Gasteiger partial charge on any atom is -0.490 e. The molecule has 10 heteroatoms. The molecule has 3 aromatic heterocycles. The van der Waals surface area contributed by atoms with Gasteiger partial charge in [0.25, 0.3) is 0 Å². The summed E-state index contributed by atoms with van der Waals surface area (Å²) in [6, 6.07) is 4.16. The van der Waals surface area contributed by atoms with Gasteiger partial charge in [0, 0.05) is 18.9 Å². The van der Waals surface area contributed by atoms with Crippen LogP contribution in [0.1, 0.15) is 16.9 Å². The van der Waals surface area contributed by atoms with E-state index in [4.69, 9.17) is 9.47 Å². The minimum atomic E-state index is -4.39. The third kappa shape index (κ3) is 3.70. The average Bonchev–Trinajstić information content (AvgIpc) is 3.27. The molecular weight excluding hydrogens is 431 g/mol. The maximum Gasteiger partial charge on any atom is 0.425 e. The fourth-order valence-electron chi connectivity index (χ4n) is 3.09. The van der Waals surface area contributed by atoms with Gasteiger partial charge in [-0.15, -0.1) is 22.7 Å². The van der Waals surface area contributed by atoms with Gasteiger partial charge >= 0.3 is 6.18 Å². The lowest BCUT2D eigenvalue weighted by Gasteiger charge is -2.13. The van der Waals surface area contributed by atoms with E-state index in [0.717, 1.165) is 34.1 Å². The summed E-state index contributed by atoms with van der Waals surface area (Å²) in [6.07, 6.45) is -2.77. The summed E-state index contributed by atoms with van der Waals surface area (Å²) < 4.78 is 63.0. The van der Waals surface area contributed by atoms with Crippen LogP contribution in [0.4, 0.5) is 13.2 Å². The fourth-order valence-corrected chi connectivity index (χ4v) is 6.83. The smallest absolute Gasteiger partial charge is 0.425 e.